The Morgan fingerprint density at radius 1 is 1.40 bits per heavy atom. The van der Waals surface area contributed by atoms with E-state index in [2.05, 4.69) is 15.3 Å². The van der Waals surface area contributed by atoms with Gasteiger partial charge >= 0.3 is 0 Å². The number of halogens is 1. The van der Waals surface area contributed by atoms with Gasteiger partial charge in [-0.25, -0.2) is 9.97 Å². The molecule has 7 heteroatoms. The topological polar surface area (TPSA) is 75.2 Å². The molecule has 0 bridgehead atoms. The molecule has 1 saturated heterocycles. The molecule has 0 aromatic carbocycles. The second-order valence-corrected chi connectivity index (χ2v) is 5.47. The number of hydrogen-bond donors (Lipinski definition) is 1. The quantitative estimate of drug-likeness (QED) is 0.680. The van der Waals surface area contributed by atoms with Crippen LogP contribution in [0.2, 0.25) is 5.15 Å². The van der Waals surface area contributed by atoms with Crippen molar-refractivity contribution in [2.75, 3.05) is 12.4 Å². The van der Waals surface area contributed by atoms with Crippen LogP contribution in [0.5, 0.6) is 0 Å². The average molecular weight is 297 g/mol. The molecule has 1 unspecified atom stereocenters. The molecule has 6 nitrogen and oxygen atoms in total. The van der Waals surface area contributed by atoms with Gasteiger partial charge in [-0.05, 0) is 12.3 Å². The summed E-state index contributed by atoms with van der Waals surface area (Å²) in [6.07, 6.45) is 2.16. The minimum Gasteiger partial charge on any atom is -0.358 e. The second kappa shape index (κ2) is 5.75. The average Bonchev–Trinajstić information content (AvgIpc) is 2.39. The van der Waals surface area contributed by atoms with Gasteiger partial charge in [-0.2, -0.15) is 0 Å². The van der Waals surface area contributed by atoms with Crippen LogP contribution < -0.4 is 5.32 Å². The van der Waals surface area contributed by atoms with Crippen LogP contribution in [-0.4, -0.2) is 39.8 Å². The van der Waals surface area contributed by atoms with Crippen molar-refractivity contribution in [2.24, 2.45) is 0 Å². The number of likely N-dealkylation sites (N-methyl/N-ethyl adjacent to an activating group) is 1. The first-order chi connectivity index (χ1) is 9.41. The van der Waals surface area contributed by atoms with Gasteiger partial charge < -0.3 is 5.32 Å². The Bertz CT molecular complexity index is 547. The summed E-state index contributed by atoms with van der Waals surface area (Å²) in [7, 11) is 1.49. The summed E-state index contributed by atoms with van der Waals surface area (Å²) in [6.45, 7) is 3.96. The lowest BCUT2D eigenvalue weighted by atomic mass is 10.0. The Kier molecular flexibility index (Phi) is 4.23. The van der Waals surface area contributed by atoms with Gasteiger partial charge in [0.2, 0.25) is 5.91 Å². The van der Waals surface area contributed by atoms with E-state index in [0.29, 0.717) is 23.8 Å². The first-order valence-electron chi connectivity index (χ1n) is 6.49. The molecule has 2 heterocycles. The smallest absolute Gasteiger partial charge is 0.251 e. The molecule has 1 aliphatic rings. The fourth-order valence-corrected chi connectivity index (χ4v) is 2.57. The first kappa shape index (κ1) is 14.7. The minimum absolute atomic E-state index is 0.129. The third-order valence-electron chi connectivity index (χ3n) is 3.37. The van der Waals surface area contributed by atoms with Crippen molar-refractivity contribution in [1.29, 1.82) is 0 Å². The van der Waals surface area contributed by atoms with Crippen molar-refractivity contribution in [2.45, 2.75) is 38.6 Å². The molecule has 0 saturated carbocycles. The molecular weight excluding hydrogens is 280 g/mol. The van der Waals surface area contributed by atoms with Gasteiger partial charge in [0.1, 0.15) is 23.3 Å². The summed E-state index contributed by atoms with van der Waals surface area (Å²) >= 11 is 6.09. The summed E-state index contributed by atoms with van der Waals surface area (Å²) in [6, 6.07) is -0.457. The molecule has 20 heavy (non-hydrogen) atoms. The predicted octanol–water partition coefficient (Wildman–Crippen LogP) is 1.81. The van der Waals surface area contributed by atoms with Gasteiger partial charge in [0, 0.05) is 19.0 Å². The third-order valence-corrected chi connectivity index (χ3v) is 3.67. The van der Waals surface area contributed by atoms with Crippen LogP contribution in [0.3, 0.4) is 0 Å². The molecule has 0 spiro atoms. The predicted molar refractivity (Wildman–Crippen MR) is 75.6 cm³/mol. The number of anilines is 1. The fourth-order valence-electron chi connectivity index (χ4n) is 2.22. The molecule has 108 valence electrons. The summed E-state index contributed by atoms with van der Waals surface area (Å²) in [5, 5.41) is 3.47. The van der Waals surface area contributed by atoms with Gasteiger partial charge in [-0.1, -0.05) is 25.4 Å². The number of rotatable bonds is 3. The standard InChI is InChI=1S/C13H17ClN4O2/c1-7(2)10-11(14)15-6-16-12(10)17-8-4-5-9(19)18(3)13(8)20/h6-8H,4-5H2,1-3H3,(H,15,16,17). The van der Waals surface area contributed by atoms with E-state index in [1.807, 2.05) is 13.8 Å². The Balaban J connectivity index is 2.25. The molecule has 1 fully saturated rings. The molecule has 2 amide bonds. The summed E-state index contributed by atoms with van der Waals surface area (Å²) in [4.78, 5) is 32.8. The minimum atomic E-state index is -0.457. The lowest BCUT2D eigenvalue weighted by Crippen LogP contribution is -2.48. The normalized spacial score (nSPS) is 19.6. The Morgan fingerprint density at radius 3 is 2.75 bits per heavy atom. The molecule has 1 aliphatic heterocycles. The Morgan fingerprint density at radius 2 is 2.10 bits per heavy atom. The second-order valence-electron chi connectivity index (χ2n) is 5.11. The highest BCUT2D eigenvalue weighted by molar-refractivity contribution is 6.30. The fraction of sp³-hybridized carbons (Fsp3) is 0.538. The van der Waals surface area contributed by atoms with E-state index in [4.69, 9.17) is 11.6 Å². The third kappa shape index (κ3) is 2.75. The largest absolute Gasteiger partial charge is 0.358 e. The van der Waals surface area contributed by atoms with Gasteiger partial charge in [0.05, 0.1) is 0 Å². The molecule has 1 atom stereocenters. The number of nitrogens with one attached hydrogen (secondary N) is 1. The Labute approximate surface area is 122 Å². The number of aromatic nitrogens is 2. The molecule has 0 aliphatic carbocycles. The Hall–Kier alpha value is -1.69. The number of carbonyl (C=O) groups excluding carboxylic acids is 2. The zero-order chi connectivity index (χ0) is 14.9. The number of hydrogen-bond acceptors (Lipinski definition) is 5. The lowest BCUT2D eigenvalue weighted by molar-refractivity contribution is -0.146. The maximum Gasteiger partial charge on any atom is 0.251 e. The summed E-state index contributed by atoms with van der Waals surface area (Å²) in [5.74, 6) is 0.286. The number of nitrogens with zero attached hydrogens (tertiary/aromatic N) is 3. The number of piperidine rings is 1. The SMILES string of the molecule is CC(C)c1c(Cl)ncnc1NC1CCC(=O)N(C)C1=O. The molecule has 0 radical (unpaired) electrons. The van der Waals surface area contributed by atoms with E-state index >= 15 is 0 Å². The van der Waals surface area contributed by atoms with Crippen LogP contribution in [0.4, 0.5) is 5.82 Å². The zero-order valence-electron chi connectivity index (χ0n) is 11.7. The van der Waals surface area contributed by atoms with Gasteiger partial charge in [0.25, 0.3) is 5.91 Å². The monoisotopic (exact) mass is 296 g/mol. The molecule has 1 aromatic heterocycles. The highest BCUT2D eigenvalue weighted by Crippen LogP contribution is 2.29. The molecular formula is C13H17ClN4O2. The van der Waals surface area contributed by atoms with E-state index in [0.717, 1.165) is 10.5 Å². The van der Waals surface area contributed by atoms with Crippen molar-refractivity contribution < 1.29 is 9.59 Å². The molecule has 2 rings (SSSR count). The van der Waals surface area contributed by atoms with E-state index in [-0.39, 0.29) is 17.7 Å². The maximum atomic E-state index is 12.1. The van der Waals surface area contributed by atoms with Crippen LogP contribution >= 0.6 is 11.6 Å². The molecule has 1 aromatic rings. The van der Waals surface area contributed by atoms with Crippen molar-refractivity contribution in [3.05, 3.63) is 17.0 Å². The van der Waals surface area contributed by atoms with E-state index < -0.39 is 6.04 Å². The van der Waals surface area contributed by atoms with Crippen molar-refractivity contribution in [3.8, 4) is 0 Å². The van der Waals surface area contributed by atoms with Gasteiger partial charge in [-0.3, -0.25) is 14.5 Å². The number of likely N-dealkylation sites (tertiary alicyclic amines) is 1. The van der Waals surface area contributed by atoms with Crippen LogP contribution in [0, 0.1) is 0 Å². The van der Waals surface area contributed by atoms with Crippen molar-refractivity contribution >= 4 is 29.2 Å². The summed E-state index contributed by atoms with van der Waals surface area (Å²) < 4.78 is 0. The first-order valence-corrected chi connectivity index (χ1v) is 6.87. The maximum absolute atomic E-state index is 12.1. The lowest BCUT2D eigenvalue weighted by Gasteiger charge is -2.29. The van der Waals surface area contributed by atoms with E-state index in [1.165, 1.54) is 13.4 Å². The van der Waals surface area contributed by atoms with Crippen LogP contribution in [-0.2, 0) is 9.59 Å². The number of imide groups is 1. The van der Waals surface area contributed by atoms with Crippen molar-refractivity contribution in [3.63, 3.8) is 0 Å². The number of amides is 2. The molecule has 1 N–H and O–H groups in total. The summed E-state index contributed by atoms with van der Waals surface area (Å²) in [5.41, 5.74) is 0.779. The zero-order valence-corrected chi connectivity index (χ0v) is 12.4. The van der Waals surface area contributed by atoms with E-state index in [1.54, 1.807) is 0 Å². The van der Waals surface area contributed by atoms with Crippen LogP contribution in [0.25, 0.3) is 0 Å². The highest BCUT2D eigenvalue weighted by atomic mass is 35.5. The van der Waals surface area contributed by atoms with Crippen LogP contribution in [0.1, 0.15) is 38.2 Å². The number of carbonyl (C=O) groups is 2. The van der Waals surface area contributed by atoms with Crippen LogP contribution in [0.15, 0.2) is 6.33 Å². The van der Waals surface area contributed by atoms with E-state index in [9.17, 15) is 9.59 Å². The van der Waals surface area contributed by atoms with Gasteiger partial charge in [0.15, 0.2) is 0 Å². The van der Waals surface area contributed by atoms with Crippen molar-refractivity contribution in [1.82, 2.24) is 14.9 Å². The highest BCUT2D eigenvalue weighted by Gasteiger charge is 2.32. The van der Waals surface area contributed by atoms with Gasteiger partial charge in [-0.15, -0.1) is 0 Å².